The monoisotopic (exact) mass is 354 g/mol. The third-order valence-electron chi connectivity index (χ3n) is 4.21. The van der Waals surface area contributed by atoms with Gasteiger partial charge in [-0.15, -0.1) is 0 Å². The highest BCUT2D eigenvalue weighted by molar-refractivity contribution is 5.75. The van der Waals surface area contributed by atoms with Crippen LogP contribution < -0.4 is 5.32 Å². The van der Waals surface area contributed by atoms with Crippen molar-refractivity contribution in [1.29, 1.82) is 0 Å². The Bertz CT molecular complexity index is 743. The molecule has 2 aromatic heterocycles. The lowest BCUT2D eigenvalue weighted by Crippen LogP contribution is -2.47. The zero-order valence-electron chi connectivity index (χ0n) is 15.6. The number of rotatable bonds is 3. The van der Waals surface area contributed by atoms with E-state index in [1.165, 1.54) is 0 Å². The number of amides is 1. The van der Waals surface area contributed by atoms with Crippen molar-refractivity contribution in [2.75, 3.05) is 18.4 Å². The van der Waals surface area contributed by atoms with Crippen LogP contribution in [0.2, 0.25) is 0 Å². The number of aromatic nitrogens is 2. The standard InChI is InChI=1S/C20H26N4O2/c1-20(2,3)26-19(25)24-13-5-6-16(14-24)23-18-17(7-4-10-22-18)15-8-11-21-12-9-15/h4,7-12,16H,5-6,13-14H2,1-3H3,(H,22,23)/t16-/m1/s1. The second kappa shape index (κ2) is 7.72. The van der Waals surface area contributed by atoms with Crippen molar-refractivity contribution in [2.24, 2.45) is 0 Å². The molecule has 0 aliphatic carbocycles. The second-order valence-corrected chi connectivity index (χ2v) is 7.55. The molecule has 6 heteroatoms. The maximum atomic E-state index is 12.4. The molecule has 1 aliphatic rings. The molecule has 1 saturated heterocycles. The number of carbonyl (C=O) groups excluding carboxylic acids is 1. The smallest absolute Gasteiger partial charge is 0.410 e. The van der Waals surface area contributed by atoms with Crippen LogP contribution in [0, 0.1) is 0 Å². The van der Waals surface area contributed by atoms with E-state index in [1.54, 1.807) is 23.5 Å². The summed E-state index contributed by atoms with van der Waals surface area (Å²) >= 11 is 0. The molecule has 0 saturated carbocycles. The van der Waals surface area contributed by atoms with Gasteiger partial charge in [-0.3, -0.25) is 4.98 Å². The molecule has 0 bridgehead atoms. The Kier molecular flexibility index (Phi) is 5.40. The van der Waals surface area contributed by atoms with E-state index < -0.39 is 5.60 Å². The molecule has 1 amide bonds. The van der Waals surface area contributed by atoms with Gasteiger partial charge in [0.15, 0.2) is 0 Å². The van der Waals surface area contributed by atoms with Crippen molar-refractivity contribution in [3.63, 3.8) is 0 Å². The van der Waals surface area contributed by atoms with Gasteiger partial charge < -0.3 is 15.0 Å². The summed E-state index contributed by atoms with van der Waals surface area (Å²) in [6.45, 7) is 7.01. The number of anilines is 1. The van der Waals surface area contributed by atoms with E-state index in [0.29, 0.717) is 6.54 Å². The minimum absolute atomic E-state index is 0.145. The van der Waals surface area contributed by atoms with Gasteiger partial charge in [0, 0.05) is 43.3 Å². The largest absolute Gasteiger partial charge is 0.444 e. The molecule has 0 radical (unpaired) electrons. The lowest BCUT2D eigenvalue weighted by atomic mass is 10.0. The summed E-state index contributed by atoms with van der Waals surface area (Å²) in [5.74, 6) is 0.828. The maximum absolute atomic E-state index is 12.4. The van der Waals surface area contributed by atoms with Crippen molar-refractivity contribution in [1.82, 2.24) is 14.9 Å². The van der Waals surface area contributed by atoms with Gasteiger partial charge in [0.1, 0.15) is 11.4 Å². The first-order valence-electron chi connectivity index (χ1n) is 9.02. The van der Waals surface area contributed by atoms with Gasteiger partial charge in [0.05, 0.1) is 0 Å². The Morgan fingerprint density at radius 3 is 2.73 bits per heavy atom. The molecule has 1 N–H and O–H groups in total. The Morgan fingerprint density at radius 1 is 1.23 bits per heavy atom. The number of hydrogen-bond donors (Lipinski definition) is 1. The van der Waals surface area contributed by atoms with Crippen LogP contribution in [0.3, 0.4) is 0 Å². The molecule has 3 rings (SSSR count). The number of ether oxygens (including phenoxy) is 1. The minimum atomic E-state index is -0.479. The third-order valence-corrected chi connectivity index (χ3v) is 4.21. The first-order valence-corrected chi connectivity index (χ1v) is 9.02. The van der Waals surface area contributed by atoms with E-state index in [1.807, 2.05) is 45.0 Å². The van der Waals surface area contributed by atoms with Crippen molar-refractivity contribution in [3.8, 4) is 11.1 Å². The van der Waals surface area contributed by atoms with Gasteiger partial charge in [-0.25, -0.2) is 9.78 Å². The van der Waals surface area contributed by atoms with Crippen LogP contribution in [-0.2, 0) is 4.74 Å². The average Bonchev–Trinajstić information content (AvgIpc) is 2.62. The Labute approximate surface area is 154 Å². The average molecular weight is 354 g/mol. The molecule has 0 spiro atoms. The number of carbonyl (C=O) groups is 1. The summed E-state index contributed by atoms with van der Waals surface area (Å²) in [5.41, 5.74) is 1.62. The van der Waals surface area contributed by atoms with Crippen molar-refractivity contribution in [2.45, 2.75) is 45.3 Å². The van der Waals surface area contributed by atoms with Gasteiger partial charge in [-0.2, -0.15) is 0 Å². The van der Waals surface area contributed by atoms with Crippen LogP contribution >= 0.6 is 0 Å². The van der Waals surface area contributed by atoms with Gasteiger partial charge >= 0.3 is 6.09 Å². The number of nitrogens with zero attached hydrogens (tertiary/aromatic N) is 3. The predicted molar refractivity (Wildman–Crippen MR) is 102 cm³/mol. The van der Waals surface area contributed by atoms with Crippen LogP contribution in [-0.4, -0.2) is 45.7 Å². The summed E-state index contributed by atoms with van der Waals surface area (Å²) in [7, 11) is 0. The Morgan fingerprint density at radius 2 is 2.00 bits per heavy atom. The summed E-state index contributed by atoms with van der Waals surface area (Å²) in [4.78, 5) is 22.7. The molecule has 3 heterocycles. The first kappa shape index (κ1) is 18.2. The van der Waals surface area contributed by atoms with Crippen molar-refractivity contribution >= 4 is 11.9 Å². The number of likely N-dealkylation sites (tertiary alicyclic amines) is 1. The highest BCUT2D eigenvalue weighted by atomic mass is 16.6. The van der Waals surface area contributed by atoms with Gasteiger partial charge in [0.25, 0.3) is 0 Å². The van der Waals surface area contributed by atoms with Gasteiger partial charge in [0.2, 0.25) is 0 Å². The van der Waals surface area contributed by atoms with E-state index in [0.717, 1.165) is 36.3 Å². The van der Waals surface area contributed by atoms with Crippen molar-refractivity contribution in [3.05, 3.63) is 42.9 Å². The van der Waals surface area contributed by atoms with Crippen LogP contribution in [0.25, 0.3) is 11.1 Å². The maximum Gasteiger partial charge on any atom is 0.410 e. The van der Waals surface area contributed by atoms with Crippen LogP contribution in [0.1, 0.15) is 33.6 Å². The summed E-state index contributed by atoms with van der Waals surface area (Å²) in [5, 5.41) is 3.51. The van der Waals surface area contributed by atoms with Crippen LogP contribution in [0.4, 0.5) is 10.6 Å². The highest BCUT2D eigenvalue weighted by Gasteiger charge is 2.28. The van der Waals surface area contributed by atoms with E-state index >= 15 is 0 Å². The van der Waals surface area contributed by atoms with Gasteiger partial charge in [-0.05, 0) is 63.4 Å². The minimum Gasteiger partial charge on any atom is -0.444 e. The zero-order chi connectivity index (χ0) is 18.6. The summed E-state index contributed by atoms with van der Waals surface area (Å²) in [6, 6.07) is 8.05. The molecule has 0 aromatic carbocycles. The summed E-state index contributed by atoms with van der Waals surface area (Å²) < 4.78 is 5.51. The topological polar surface area (TPSA) is 67.3 Å². The molecule has 0 unspecified atom stereocenters. The fourth-order valence-electron chi connectivity index (χ4n) is 3.07. The third kappa shape index (κ3) is 4.71. The molecule has 1 atom stereocenters. The normalized spacial score (nSPS) is 17.7. The molecular weight excluding hydrogens is 328 g/mol. The number of pyridine rings is 2. The Hall–Kier alpha value is -2.63. The molecule has 2 aromatic rings. The van der Waals surface area contributed by atoms with Crippen LogP contribution in [0.5, 0.6) is 0 Å². The van der Waals surface area contributed by atoms with Gasteiger partial charge in [-0.1, -0.05) is 0 Å². The SMILES string of the molecule is CC(C)(C)OC(=O)N1CCC[C@@H](Nc2ncccc2-c2ccncc2)C1. The lowest BCUT2D eigenvalue weighted by molar-refractivity contribution is 0.0206. The highest BCUT2D eigenvalue weighted by Crippen LogP contribution is 2.27. The predicted octanol–water partition coefficient (Wildman–Crippen LogP) is 3.96. The number of piperidine rings is 1. The molecule has 26 heavy (non-hydrogen) atoms. The first-order chi connectivity index (χ1) is 12.4. The molecule has 1 fully saturated rings. The Balaban J connectivity index is 1.71. The lowest BCUT2D eigenvalue weighted by Gasteiger charge is -2.34. The van der Waals surface area contributed by atoms with E-state index in [2.05, 4.69) is 15.3 Å². The number of nitrogens with one attached hydrogen (secondary N) is 1. The molecule has 138 valence electrons. The van der Waals surface area contributed by atoms with E-state index in [4.69, 9.17) is 4.74 Å². The zero-order valence-corrected chi connectivity index (χ0v) is 15.6. The summed E-state index contributed by atoms with van der Waals surface area (Å²) in [6.07, 6.45) is 7.01. The fourth-order valence-corrected chi connectivity index (χ4v) is 3.07. The van der Waals surface area contributed by atoms with Crippen molar-refractivity contribution < 1.29 is 9.53 Å². The molecular formula is C20H26N4O2. The quantitative estimate of drug-likeness (QED) is 0.904. The van der Waals surface area contributed by atoms with E-state index in [-0.39, 0.29) is 12.1 Å². The molecule has 1 aliphatic heterocycles. The second-order valence-electron chi connectivity index (χ2n) is 7.55. The van der Waals surface area contributed by atoms with Crippen LogP contribution in [0.15, 0.2) is 42.9 Å². The van der Waals surface area contributed by atoms with E-state index in [9.17, 15) is 4.79 Å². The fraction of sp³-hybridized carbons (Fsp3) is 0.450. The number of hydrogen-bond acceptors (Lipinski definition) is 5. The molecule has 6 nitrogen and oxygen atoms in total.